The van der Waals surface area contributed by atoms with E-state index in [4.69, 9.17) is 0 Å². The summed E-state index contributed by atoms with van der Waals surface area (Å²) >= 11 is 0. The molecule has 1 aromatic heterocycles. The fourth-order valence-electron chi connectivity index (χ4n) is 3.72. The van der Waals surface area contributed by atoms with Gasteiger partial charge in [-0.25, -0.2) is 4.39 Å². The average Bonchev–Trinajstić information content (AvgIpc) is 3.00. The fourth-order valence-corrected chi connectivity index (χ4v) is 3.72. The maximum Gasteiger partial charge on any atom is 0.173 e. The molecule has 1 heterocycles. The Labute approximate surface area is 151 Å². The molecule has 3 rings (SSSR count). The molecule has 2 aromatic rings. The number of nitrogens with zero attached hydrogens (tertiary/aromatic N) is 2. The van der Waals surface area contributed by atoms with Gasteiger partial charge in [0.25, 0.3) is 0 Å². The third kappa shape index (κ3) is 2.90. The summed E-state index contributed by atoms with van der Waals surface area (Å²) in [6.45, 7) is 7.38. The first-order valence-corrected chi connectivity index (χ1v) is 8.47. The Kier molecular flexibility index (Phi) is 4.63. The van der Waals surface area contributed by atoms with E-state index >= 15 is 4.39 Å². The second-order valence-corrected chi connectivity index (χ2v) is 6.99. The van der Waals surface area contributed by atoms with Crippen LogP contribution in [0.15, 0.2) is 36.7 Å². The van der Waals surface area contributed by atoms with Gasteiger partial charge in [-0.2, -0.15) is 5.10 Å². The number of halogens is 1. The van der Waals surface area contributed by atoms with Crippen molar-refractivity contribution in [2.75, 3.05) is 0 Å². The van der Waals surface area contributed by atoms with Crippen molar-refractivity contribution in [1.29, 1.82) is 0 Å². The van der Waals surface area contributed by atoms with Crippen molar-refractivity contribution in [3.05, 3.63) is 53.6 Å². The highest BCUT2D eigenvalue weighted by Gasteiger charge is 2.34. The molecule has 5 nitrogen and oxygen atoms in total. The van der Waals surface area contributed by atoms with Crippen molar-refractivity contribution in [3.8, 4) is 22.6 Å². The molecule has 3 unspecified atom stereocenters. The monoisotopic (exact) mass is 358 g/mol. The highest BCUT2D eigenvalue weighted by Crippen LogP contribution is 2.49. The molecule has 1 aliphatic carbocycles. The van der Waals surface area contributed by atoms with Crippen molar-refractivity contribution in [1.82, 2.24) is 9.78 Å². The van der Waals surface area contributed by atoms with E-state index in [2.05, 4.69) is 11.7 Å². The number of phenolic OH excluding ortho intramolecular Hbond substituents is 2. The fraction of sp³-hybridized carbons (Fsp3) is 0.350. The number of hydrogen-bond acceptors (Lipinski definition) is 4. The molecule has 0 radical (unpaired) electrons. The summed E-state index contributed by atoms with van der Waals surface area (Å²) in [6.07, 6.45) is 6.18. The van der Waals surface area contributed by atoms with Gasteiger partial charge in [-0.3, -0.25) is 4.68 Å². The maximum absolute atomic E-state index is 15.1. The minimum atomic E-state index is -0.789. The van der Waals surface area contributed by atoms with Crippen LogP contribution in [0.5, 0.6) is 11.5 Å². The Morgan fingerprint density at radius 3 is 2.58 bits per heavy atom. The van der Waals surface area contributed by atoms with E-state index in [0.29, 0.717) is 17.5 Å². The van der Waals surface area contributed by atoms with Gasteiger partial charge in [0, 0.05) is 41.4 Å². The molecule has 0 saturated heterocycles. The first kappa shape index (κ1) is 18.2. The molecular formula is C20H23FN2O3. The highest BCUT2D eigenvalue weighted by atomic mass is 19.1. The van der Waals surface area contributed by atoms with Gasteiger partial charge in [0.05, 0.1) is 12.3 Å². The van der Waals surface area contributed by atoms with Gasteiger partial charge in [-0.1, -0.05) is 24.3 Å². The van der Waals surface area contributed by atoms with Crippen LogP contribution in [0.4, 0.5) is 4.39 Å². The van der Waals surface area contributed by atoms with Gasteiger partial charge in [0.15, 0.2) is 11.6 Å². The maximum atomic E-state index is 15.1. The normalized spacial score (nSPS) is 22.6. The number of benzene rings is 1. The molecule has 3 N–H and O–H groups in total. The molecule has 1 aromatic carbocycles. The largest absolute Gasteiger partial charge is 0.507 e. The minimum Gasteiger partial charge on any atom is -0.507 e. The van der Waals surface area contributed by atoms with Gasteiger partial charge in [0.1, 0.15) is 5.75 Å². The van der Waals surface area contributed by atoms with Crippen LogP contribution >= 0.6 is 0 Å². The number of hydrogen-bond donors (Lipinski definition) is 3. The van der Waals surface area contributed by atoms with Crippen LogP contribution in [-0.2, 0) is 7.05 Å². The topological polar surface area (TPSA) is 78.5 Å². The van der Waals surface area contributed by atoms with E-state index in [1.807, 2.05) is 6.92 Å². The molecule has 0 spiro atoms. The van der Waals surface area contributed by atoms with E-state index < -0.39 is 23.6 Å². The number of phenols is 2. The van der Waals surface area contributed by atoms with Crippen LogP contribution in [0.1, 0.15) is 30.4 Å². The smallest absolute Gasteiger partial charge is 0.173 e. The van der Waals surface area contributed by atoms with Crippen LogP contribution in [0, 0.1) is 18.7 Å². The Morgan fingerprint density at radius 1 is 1.31 bits per heavy atom. The highest BCUT2D eigenvalue weighted by molar-refractivity contribution is 5.74. The van der Waals surface area contributed by atoms with Gasteiger partial charge < -0.3 is 15.3 Å². The first-order chi connectivity index (χ1) is 12.2. The van der Waals surface area contributed by atoms with Crippen molar-refractivity contribution >= 4 is 0 Å². The molecule has 26 heavy (non-hydrogen) atoms. The Bertz CT molecular complexity index is 872. The summed E-state index contributed by atoms with van der Waals surface area (Å²) in [4.78, 5) is 0. The minimum absolute atomic E-state index is 0.128. The van der Waals surface area contributed by atoms with E-state index in [9.17, 15) is 15.3 Å². The van der Waals surface area contributed by atoms with Crippen LogP contribution in [0.3, 0.4) is 0 Å². The van der Waals surface area contributed by atoms with Gasteiger partial charge in [0.2, 0.25) is 0 Å². The van der Waals surface area contributed by atoms with Gasteiger partial charge >= 0.3 is 0 Å². The summed E-state index contributed by atoms with van der Waals surface area (Å²) in [7, 11) is 1.71. The lowest BCUT2D eigenvalue weighted by atomic mass is 9.74. The van der Waals surface area contributed by atoms with Crippen LogP contribution in [0.25, 0.3) is 11.1 Å². The predicted molar refractivity (Wildman–Crippen MR) is 97.5 cm³/mol. The number of aliphatic hydroxyl groups is 1. The zero-order valence-electron chi connectivity index (χ0n) is 15.1. The lowest BCUT2D eigenvalue weighted by Gasteiger charge is -2.32. The molecule has 0 amide bonds. The third-order valence-corrected chi connectivity index (χ3v) is 5.10. The SMILES string of the molecule is C=C(C)C1CC(O)C=CC1c1c(O)c(C)c(-c2cnn(C)c2)c(F)c1O. The van der Waals surface area contributed by atoms with E-state index in [-0.39, 0.29) is 22.8 Å². The zero-order chi connectivity index (χ0) is 19.2. The number of allylic oxidation sites excluding steroid dienone is 2. The first-order valence-electron chi connectivity index (χ1n) is 8.47. The van der Waals surface area contributed by atoms with Crippen molar-refractivity contribution in [2.24, 2.45) is 13.0 Å². The van der Waals surface area contributed by atoms with E-state index in [1.165, 1.54) is 10.9 Å². The molecule has 0 bridgehead atoms. The number of aromatic hydroxyl groups is 2. The van der Waals surface area contributed by atoms with Crippen molar-refractivity contribution in [2.45, 2.75) is 32.3 Å². The molecule has 1 aliphatic rings. The second-order valence-electron chi connectivity index (χ2n) is 6.99. The van der Waals surface area contributed by atoms with Crippen molar-refractivity contribution in [3.63, 3.8) is 0 Å². The Balaban J connectivity index is 2.21. The van der Waals surface area contributed by atoms with Gasteiger partial charge in [-0.05, 0) is 26.2 Å². The summed E-state index contributed by atoms with van der Waals surface area (Å²) < 4.78 is 16.6. The van der Waals surface area contributed by atoms with Crippen LogP contribution in [-0.4, -0.2) is 31.2 Å². The molecule has 6 heteroatoms. The van der Waals surface area contributed by atoms with E-state index in [1.54, 1.807) is 32.3 Å². The van der Waals surface area contributed by atoms with Gasteiger partial charge in [-0.15, -0.1) is 0 Å². The Morgan fingerprint density at radius 2 is 2.00 bits per heavy atom. The van der Waals surface area contributed by atoms with E-state index in [0.717, 1.165) is 5.57 Å². The molecule has 0 saturated carbocycles. The molecule has 138 valence electrons. The number of rotatable bonds is 3. The quantitative estimate of drug-likeness (QED) is 0.734. The number of aliphatic hydroxyl groups excluding tert-OH is 1. The predicted octanol–water partition coefficient (Wildman–Crippen LogP) is 3.54. The second kappa shape index (κ2) is 6.61. The summed E-state index contributed by atoms with van der Waals surface area (Å²) in [6, 6.07) is 0. The standard InChI is InChI=1S/C20H23FN2O3/c1-10(2)15-7-13(24)5-6-14(15)17-19(25)11(3)16(18(21)20(17)26)12-8-22-23(4)9-12/h5-6,8-9,13-15,24-26H,1,7H2,2-4H3. The lowest BCUT2D eigenvalue weighted by Crippen LogP contribution is -2.23. The zero-order valence-corrected chi connectivity index (χ0v) is 15.1. The summed E-state index contributed by atoms with van der Waals surface area (Å²) in [5.41, 5.74) is 1.87. The molecule has 0 fully saturated rings. The van der Waals surface area contributed by atoms with Crippen molar-refractivity contribution < 1.29 is 19.7 Å². The third-order valence-electron chi connectivity index (χ3n) is 5.10. The number of aryl methyl sites for hydroxylation is 1. The molecule has 0 aliphatic heterocycles. The van der Waals surface area contributed by atoms with Crippen LogP contribution < -0.4 is 0 Å². The van der Waals surface area contributed by atoms with Crippen LogP contribution in [0.2, 0.25) is 0 Å². The molecular weight excluding hydrogens is 335 g/mol. The Hall–Kier alpha value is -2.60. The average molecular weight is 358 g/mol. The summed E-state index contributed by atoms with van der Waals surface area (Å²) in [5.74, 6) is -2.20. The summed E-state index contributed by atoms with van der Waals surface area (Å²) in [5, 5.41) is 35.3. The molecule has 3 atom stereocenters. The lowest BCUT2D eigenvalue weighted by molar-refractivity contribution is 0.180. The number of aromatic nitrogens is 2.